The first-order chi connectivity index (χ1) is 9.15. The molecule has 19 heavy (non-hydrogen) atoms. The standard InChI is InChI=1S/C15H26N2O2/c1-4-15-14(11(2)19-16-15)9-17(3)13-7-5-12(10-18)6-8-13/h12-13,18H,4-10H2,1-3H3. The van der Waals surface area contributed by atoms with Crippen molar-refractivity contribution in [3.05, 3.63) is 17.0 Å². The van der Waals surface area contributed by atoms with Crippen molar-refractivity contribution >= 4 is 0 Å². The van der Waals surface area contributed by atoms with E-state index in [9.17, 15) is 5.11 Å². The van der Waals surface area contributed by atoms with Crippen LogP contribution < -0.4 is 0 Å². The van der Waals surface area contributed by atoms with Gasteiger partial charge < -0.3 is 9.63 Å². The fraction of sp³-hybridized carbons (Fsp3) is 0.800. The van der Waals surface area contributed by atoms with E-state index in [2.05, 4.69) is 24.0 Å². The molecule has 0 unspecified atom stereocenters. The van der Waals surface area contributed by atoms with Crippen LogP contribution in [0.5, 0.6) is 0 Å². The van der Waals surface area contributed by atoms with Gasteiger partial charge in [0.05, 0.1) is 5.69 Å². The first-order valence-corrected chi connectivity index (χ1v) is 7.40. The normalized spacial score (nSPS) is 24.1. The molecule has 1 aliphatic rings. The summed E-state index contributed by atoms with van der Waals surface area (Å²) in [6, 6.07) is 0.627. The highest BCUT2D eigenvalue weighted by molar-refractivity contribution is 5.22. The smallest absolute Gasteiger partial charge is 0.138 e. The Morgan fingerprint density at radius 3 is 2.58 bits per heavy atom. The minimum Gasteiger partial charge on any atom is -0.396 e. The Morgan fingerprint density at radius 1 is 1.32 bits per heavy atom. The fourth-order valence-electron chi connectivity index (χ4n) is 3.06. The van der Waals surface area contributed by atoms with Crippen LogP contribution in [0.4, 0.5) is 0 Å². The molecule has 108 valence electrons. The van der Waals surface area contributed by atoms with Crippen molar-refractivity contribution in [1.82, 2.24) is 10.1 Å². The Kier molecular flexibility index (Phi) is 4.99. The SMILES string of the molecule is CCc1noc(C)c1CN(C)C1CCC(CO)CC1. The van der Waals surface area contributed by atoms with Crippen molar-refractivity contribution < 1.29 is 9.63 Å². The molecule has 1 fully saturated rings. The predicted octanol–water partition coefficient (Wildman–Crippen LogP) is 2.53. The van der Waals surface area contributed by atoms with Crippen LogP contribution in [0, 0.1) is 12.8 Å². The highest BCUT2D eigenvalue weighted by atomic mass is 16.5. The minimum absolute atomic E-state index is 0.348. The molecule has 1 heterocycles. The van der Waals surface area contributed by atoms with Gasteiger partial charge in [-0.3, -0.25) is 4.90 Å². The van der Waals surface area contributed by atoms with Gasteiger partial charge in [0.15, 0.2) is 0 Å². The Bertz CT molecular complexity index is 395. The van der Waals surface area contributed by atoms with E-state index in [1.165, 1.54) is 18.4 Å². The lowest BCUT2D eigenvalue weighted by molar-refractivity contribution is 0.123. The van der Waals surface area contributed by atoms with Gasteiger partial charge in [0.1, 0.15) is 5.76 Å². The number of aliphatic hydroxyl groups excluding tert-OH is 1. The zero-order valence-corrected chi connectivity index (χ0v) is 12.4. The van der Waals surface area contributed by atoms with Gasteiger partial charge in [0.2, 0.25) is 0 Å². The highest BCUT2D eigenvalue weighted by Crippen LogP contribution is 2.28. The Balaban J connectivity index is 1.94. The number of hydrogen-bond donors (Lipinski definition) is 1. The summed E-state index contributed by atoms with van der Waals surface area (Å²) >= 11 is 0. The van der Waals surface area contributed by atoms with Crippen molar-refractivity contribution in [2.75, 3.05) is 13.7 Å². The second kappa shape index (κ2) is 6.53. The monoisotopic (exact) mass is 266 g/mol. The molecule has 1 aromatic rings. The topological polar surface area (TPSA) is 49.5 Å². The second-order valence-corrected chi connectivity index (χ2v) is 5.79. The van der Waals surface area contributed by atoms with Crippen molar-refractivity contribution in [3.8, 4) is 0 Å². The number of nitrogens with zero attached hydrogens (tertiary/aromatic N) is 2. The van der Waals surface area contributed by atoms with Crippen LogP contribution in [0.2, 0.25) is 0 Å². The number of aliphatic hydroxyl groups is 1. The molecule has 0 spiro atoms. The number of hydrogen-bond acceptors (Lipinski definition) is 4. The minimum atomic E-state index is 0.348. The predicted molar refractivity (Wildman–Crippen MR) is 74.9 cm³/mol. The molecule has 1 aromatic heterocycles. The van der Waals surface area contributed by atoms with Gasteiger partial charge in [-0.25, -0.2) is 0 Å². The van der Waals surface area contributed by atoms with Crippen LogP contribution in [-0.4, -0.2) is 34.9 Å². The molecule has 0 atom stereocenters. The summed E-state index contributed by atoms with van der Waals surface area (Å²) in [5.41, 5.74) is 2.35. The summed E-state index contributed by atoms with van der Waals surface area (Å²) in [5, 5.41) is 13.3. The molecular formula is C15H26N2O2. The van der Waals surface area contributed by atoms with Gasteiger partial charge >= 0.3 is 0 Å². The van der Waals surface area contributed by atoms with Gasteiger partial charge in [-0.1, -0.05) is 12.1 Å². The molecular weight excluding hydrogens is 240 g/mol. The van der Waals surface area contributed by atoms with E-state index in [1.807, 2.05) is 6.92 Å². The lowest BCUT2D eigenvalue weighted by Crippen LogP contribution is -2.35. The van der Waals surface area contributed by atoms with E-state index < -0.39 is 0 Å². The summed E-state index contributed by atoms with van der Waals surface area (Å²) in [6.45, 7) is 5.39. The summed E-state index contributed by atoms with van der Waals surface area (Å²) < 4.78 is 5.30. The first kappa shape index (κ1) is 14.5. The van der Waals surface area contributed by atoms with E-state index in [1.54, 1.807) is 0 Å². The molecule has 2 rings (SSSR count). The summed E-state index contributed by atoms with van der Waals surface area (Å²) in [4.78, 5) is 2.42. The zero-order valence-electron chi connectivity index (χ0n) is 12.4. The average Bonchev–Trinajstić information content (AvgIpc) is 2.79. The molecule has 0 bridgehead atoms. The molecule has 1 aliphatic carbocycles. The molecule has 0 radical (unpaired) electrons. The number of rotatable bonds is 5. The number of aryl methyl sites for hydroxylation is 2. The number of aromatic nitrogens is 1. The van der Waals surface area contributed by atoms with Crippen LogP contribution in [0.3, 0.4) is 0 Å². The largest absolute Gasteiger partial charge is 0.396 e. The molecule has 4 nitrogen and oxygen atoms in total. The van der Waals surface area contributed by atoms with Gasteiger partial charge in [0.25, 0.3) is 0 Å². The molecule has 4 heteroatoms. The van der Waals surface area contributed by atoms with Crippen molar-refractivity contribution in [2.45, 2.75) is 58.5 Å². The Labute approximate surface area is 115 Å². The lowest BCUT2D eigenvalue weighted by Gasteiger charge is -2.34. The maximum absolute atomic E-state index is 9.19. The van der Waals surface area contributed by atoms with Crippen molar-refractivity contribution in [2.24, 2.45) is 5.92 Å². The van der Waals surface area contributed by atoms with E-state index >= 15 is 0 Å². The quantitative estimate of drug-likeness (QED) is 0.889. The van der Waals surface area contributed by atoms with Gasteiger partial charge in [0, 0.05) is 24.8 Å². The third-order valence-corrected chi connectivity index (χ3v) is 4.51. The van der Waals surface area contributed by atoms with Crippen LogP contribution in [0.1, 0.15) is 49.6 Å². The van der Waals surface area contributed by atoms with Crippen molar-refractivity contribution in [3.63, 3.8) is 0 Å². The molecule has 1 saturated carbocycles. The third kappa shape index (κ3) is 3.37. The second-order valence-electron chi connectivity index (χ2n) is 5.79. The van der Waals surface area contributed by atoms with Crippen molar-refractivity contribution in [1.29, 1.82) is 0 Å². The Hall–Kier alpha value is -0.870. The van der Waals surface area contributed by atoms with E-state index in [4.69, 9.17) is 4.52 Å². The summed E-state index contributed by atoms with van der Waals surface area (Å²) in [7, 11) is 2.19. The zero-order chi connectivity index (χ0) is 13.8. The molecule has 0 aliphatic heterocycles. The first-order valence-electron chi connectivity index (χ1n) is 7.40. The van der Waals surface area contributed by atoms with E-state index in [0.717, 1.165) is 37.3 Å². The van der Waals surface area contributed by atoms with Gasteiger partial charge in [-0.2, -0.15) is 0 Å². The third-order valence-electron chi connectivity index (χ3n) is 4.51. The molecule has 0 amide bonds. The lowest BCUT2D eigenvalue weighted by atomic mass is 9.86. The van der Waals surface area contributed by atoms with Crippen LogP contribution in [-0.2, 0) is 13.0 Å². The highest BCUT2D eigenvalue weighted by Gasteiger charge is 2.25. The molecule has 0 saturated heterocycles. The van der Waals surface area contributed by atoms with E-state index in [-0.39, 0.29) is 0 Å². The van der Waals surface area contributed by atoms with Crippen LogP contribution in [0.15, 0.2) is 4.52 Å². The van der Waals surface area contributed by atoms with E-state index in [0.29, 0.717) is 18.6 Å². The Morgan fingerprint density at radius 2 is 2.00 bits per heavy atom. The maximum atomic E-state index is 9.19. The average molecular weight is 266 g/mol. The summed E-state index contributed by atoms with van der Waals surface area (Å²) in [5.74, 6) is 1.47. The molecule has 0 aromatic carbocycles. The van der Waals surface area contributed by atoms with Crippen LogP contribution >= 0.6 is 0 Å². The fourth-order valence-corrected chi connectivity index (χ4v) is 3.06. The van der Waals surface area contributed by atoms with Crippen LogP contribution in [0.25, 0.3) is 0 Å². The maximum Gasteiger partial charge on any atom is 0.138 e. The van der Waals surface area contributed by atoms with Gasteiger partial charge in [-0.05, 0) is 52.0 Å². The molecule has 1 N–H and O–H groups in total. The van der Waals surface area contributed by atoms with Gasteiger partial charge in [-0.15, -0.1) is 0 Å². The summed E-state index contributed by atoms with van der Waals surface area (Å²) in [6.07, 6.45) is 5.60.